The summed E-state index contributed by atoms with van der Waals surface area (Å²) in [6.07, 6.45) is 1.23. The van der Waals surface area contributed by atoms with Crippen LogP contribution in [0.2, 0.25) is 5.02 Å². The zero-order valence-corrected chi connectivity index (χ0v) is 12.3. The van der Waals surface area contributed by atoms with E-state index >= 15 is 0 Å². The van der Waals surface area contributed by atoms with Gasteiger partial charge in [0.05, 0.1) is 0 Å². The summed E-state index contributed by atoms with van der Waals surface area (Å²) in [4.78, 5) is 0. The second-order valence-electron chi connectivity index (χ2n) is 4.04. The molecular formula is C14H22ClNS. The molecule has 0 saturated heterocycles. The number of benzene rings is 1. The van der Waals surface area contributed by atoms with Crippen molar-refractivity contribution in [3.8, 4) is 0 Å². The summed E-state index contributed by atoms with van der Waals surface area (Å²) in [5.41, 5.74) is 1.40. The fourth-order valence-electron chi connectivity index (χ4n) is 1.81. The summed E-state index contributed by atoms with van der Waals surface area (Å²) >= 11 is 7.94. The quantitative estimate of drug-likeness (QED) is 0.712. The third-order valence-electron chi connectivity index (χ3n) is 2.80. The van der Waals surface area contributed by atoms with Gasteiger partial charge in [-0.2, -0.15) is 11.8 Å². The number of thioether (sulfide) groups is 1. The van der Waals surface area contributed by atoms with Gasteiger partial charge in [0, 0.05) is 11.6 Å². The maximum Gasteiger partial charge on any atom is 0.0406 e. The largest absolute Gasteiger partial charge is 0.316 e. The Labute approximate surface area is 114 Å². The van der Waals surface area contributed by atoms with Gasteiger partial charge in [-0.25, -0.2) is 0 Å². The zero-order chi connectivity index (χ0) is 12.5. The van der Waals surface area contributed by atoms with Crippen LogP contribution in [0.25, 0.3) is 0 Å². The molecule has 0 aliphatic carbocycles. The molecule has 1 N–H and O–H groups in total. The second kappa shape index (κ2) is 8.84. The lowest BCUT2D eigenvalue weighted by Crippen LogP contribution is -2.21. The Morgan fingerprint density at radius 3 is 2.53 bits per heavy atom. The Hall–Kier alpha value is -0.180. The minimum atomic E-state index is 0.603. The molecule has 0 saturated carbocycles. The van der Waals surface area contributed by atoms with E-state index in [2.05, 4.69) is 31.3 Å². The van der Waals surface area contributed by atoms with E-state index in [0.29, 0.717) is 5.92 Å². The smallest absolute Gasteiger partial charge is 0.0406 e. The second-order valence-corrected chi connectivity index (χ2v) is 5.87. The normalized spacial score (nSPS) is 12.6. The first kappa shape index (κ1) is 14.9. The predicted octanol–water partition coefficient (Wildman–Crippen LogP) is 4.18. The number of hydrogen-bond donors (Lipinski definition) is 1. The molecule has 1 aromatic rings. The molecule has 0 radical (unpaired) electrons. The van der Waals surface area contributed by atoms with Crippen molar-refractivity contribution in [3.05, 3.63) is 34.9 Å². The van der Waals surface area contributed by atoms with Crippen molar-refractivity contribution < 1.29 is 0 Å². The number of likely N-dealkylation sites (N-methyl/N-ethyl adjacent to an activating group) is 1. The van der Waals surface area contributed by atoms with Gasteiger partial charge in [-0.1, -0.05) is 37.6 Å². The fourth-order valence-corrected chi connectivity index (χ4v) is 2.68. The molecule has 0 aliphatic heterocycles. The van der Waals surface area contributed by atoms with Gasteiger partial charge in [-0.05, 0) is 48.1 Å². The highest BCUT2D eigenvalue weighted by Gasteiger charge is 2.10. The van der Waals surface area contributed by atoms with Gasteiger partial charge >= 0.3 is 0 Å². The van der Waals surface area contributed by atoms with Crippen LogP contribution in [0.5, 0.6) is 0 Å². The van der Waals surface area contributed by atoms with Crippen molar-refractivity contribution in [1.29, 1.82) is 0 Å². The van der Waals surface area contributed by atoms with Gasteiger partial charge in [0.15, 0.2) is 0 Å². The number of hydrogen-bond acceptors (Lipinski definition) is 2. The summed E-state index contributed by atoms with van der Waals surface area (Å²) in [7, 11) is 0. The average Bonchev–Trinajstić information content (AvgIpc) is 2.35. The van der Waals surface area contributed by atoms with Gasteiger partial charge in [-0.15, -0.1) is 0 Å². The standard InChI is InChI=1S/C14H22ClNS/c1-3-16-11-13(9-10-17-4-2)12-5-7-14(15)8-6-12/h5-8,13,16H,3-4,9-11H2,1-2H3. The summed E-state index contributed by atoms with van der Waals surface area (Å²) in [5, 5.41) is 4.26. The first-order valence-electron chi connectivity index (χ1n) is 6.31. The van der Waals surface area contributed by atoms with Gasteiger partial charge in [-0.3, -0.25) is 0 Å². The lowest BCUT2D eigenvalue weighted by molar-refractivity contribution is 0.587. The third kappa shape index (κ3) is 5.80. The van der Waals surface area contributed by atoms with E-state index < -0.39 is 0 Å². The lowest BCUT2D eigenvalue weighted by Gasteiger charge is -2.17. The first-order chi connectivity index (χ1) is 8.27. The molecule has 0 heterocycles. The minimum absolute atomic E-state index is 0.603. The van der Waals surface area contributed by atoms with Gasteiger partial charge in [0.1, 0.15) is 0 Å². The van der Waals surface area contributed by atoms with Crippen molar-refractivity contribution in [3.63, 3.8) is 0 Å². The van der Waals surface area contributed by atoms with Crippen molar-refractivity contribution in [2.24, 2.45) is 0 Å². The Kier molecular flexibility index (Phi) is 7.74. The molecule has 3 heteroatoms. The number of halogens is 1. The third-order valence-corrected chi connectivity index (χ3v) is 3.98. The average molecular weight is 272 g/mol. The van der Waals surface area contributed by atoms with Crippen molar-refractivity contribution in [2.75, 3.05) is 24.6 Å². The maximum absolute atomic E-state index is 5.93. The molecule has 0 aromatic heterocycles. The van der Waals surface area contributed by atoms with Crippen molar-refractivity contribution >= 4 is 23.4 Å². The minimum Gasteiger partial charge on any atom is -0.316 e. The summed E-state index contributed by atoms with van der Waals surface area (Å²) in [5.74, 6) is 3.04. The van der Waals surface area contributed by atoms with Crippen LogP contribution in [0, 0.1) is 0 Å². The van der Waals surface area contributed by atoms with Crippen LogP contribution in [-0.2, 0) is 0 Å². The molecule has 17 heavy (non-hydrogen) atoms. The molecule has 0 spiro atoms. The summed E-state index contributed by atoms with van der Waals surface area (Å²) < 4.78 is 0. The Morgan fingerprint density at radius 1 is 1.24 bits per heavy atom. The molecule has 1 atom stereocenters. The van der Waals surface area contributed by atoms with Gasteiger partial charge in [0.2, 0.25) is 0 Å². The number of rotatable bonds is 8. The zero-order valence-electron chi connectivity index (χ0n) is 10.7. The van der Waals surface area contributed by atoms with E-state index in [1.165, 1.54) is 23.5 Å². The van der Waals surface area contributed by atoms with E-state index in [1.54, 1.807) is 0 Å². The molecule has 1 unspecified atom stereocenters. The first-order valence-corrected chi connectivity index (χ1v) is 7.85. The fraction of sp³-hybridized carbons (Fsp3) is 0.571. The molecule has 1 aromatic carbocycles. The van der Waals surface area contributed by atoms with Crippen LogP contribution in [0.15, 0.2) is 24.3 Å². The van der Waals surface area contributed by atoms with E-state index in [-0.39, 0.29) is 0 Å². The monoisotopic (exact) mass is 271 g/mol. The van der Waals surface area contributed by atoms with Crippen LogP contribution in [-0.4, -0.2) is 24.6 Å². The highest BCUT2D eigenvalue weighted by Crippen LogP contribution is 2.23. The van der Waals surface area contributed by atoms with Crippen LogP contribution in [0.1, 0.15) is 31.7 Å². The highest BCUT2D eigenvalue weighted by atomic mass is 35.5. The van der Waals surface area contributed by atoms with E-state index in [9.17, 15) is 0 Å². The Balaban J connectivity index is 2.57. The Bertz CT molecular complexity index is 300. The summed E-state index contributed by atoms with van der Waals surface area (Å²) in [6, 6.07) is 8.29. The maximum atomic E-state index is 5.93. The molecule has 0 bridgehead atoms. The molecule has 0 amide bonds. The highest BCUT2D eigenvalue weighted by molar-refractivity contribution is 7.99. The van der Waals surface area contributed by atoms with E-state index in [4.69, 9.17) is 11.6 Å². The molecule has 1 rings (SSSR count). The molecular weight excluding hydrogens is 250 g/mol. The van der Waals surface area contributed by atoms with Crippen LogP contribution < -0.4 is 5.32 Å². The van der Waals surface area contributed by atoms with Gasteiger partial charge in [0.25, 0.3) is 0 Å². The van der Waals surface area contributed by atoms with Crippen molar-refractivity contribution in [2.45, 2.75) is 26.2 Å². The SMILES string of the molecule is CCNCC(CCSCC)c1ccc(Cl)cc1. The van der Waals surface area contributed by atoms with E-state index in [1.807, 2.05) is 23.9 Å². The predicted molar refractivity (Wildman–Crippen MR) is 80.4 cm³/mol. The van der Waals surface area contributed by atoms with E-state index in [0.717, 1.165) is 18.1 Å². The van der Waals surface area contributed by atoms with Gasteiger partial charge < -0.3 is 5.32 Å². The van der Waals surface area contributed by atoms with Crippen LogP contribution in [0.3, 0.4) is 0 Å². The van der Waals surface area contributed by atoms with Crippen molar-refractivity contribution in [1.82, 2.24) is 5.32 Å². The Morgan fingerprint density at radius 2 is 1.94 bits per heavy atom. The number of nitrogens with one attached hydrogen (secondary N) is 1. The van der Waals surface area contributed by atoms with Crippen LogP contribution >= 0.6 is 23.4 Å². The molecule has 0 aliphatic rings. The summed E-state index contributed by atoms with van der Waals surface area (Å²) in [6.45, 7) is 6.46. The molecule has 96 valence electrons. The molecule has 1 nitrogen and oxygen atoms in total. The van der Waals surface area contributed by atoms with Crippen LogP contribution in [0.4, 0.5) is 0 Å². The topological polar surface area (TPSA) is 12.0 Å². The lowest BCUT2D eigenvalue weighted by atomic mass is 9.96. The molecule has 0 fully saturated rings.